The summed E-state index contributed by atoms with van der Waals surface area (Å²) in [6.45, 7) is 0. The van der Waals surface area contributed by atoms with E-state index in [0.717, 1.165) is 0 Å². The third kappa shape index (κ3) is 1.71. The lowest BCUT2D eigenvalue weighted by Gasteiger charge is -2.41. The summed E-state index contributed by atoms with van der Waals surface area (Å²) < 4.78 is 4.19. The molecule has 1 unspecified atom stereocenters. The number of ether oxygens (including phenoxy) is 1. The fourth-order valence-corrected chi connectivity index (χ4v) is 1.13. The maximum Gasteiger partial charge on any atom is 0.335 e. The number of carbonyl (C=O) groups is 1. The number of hydrogen-bond donors (Lipinski definition) is 5. The van der Waals surface area contributed by atoms with Crippen molar-refractivity contribution >= 4 is 5.97 Å². The van der Waals surface area contributed by atoms with Gasteiger partial charge in [0, 0.05) is 0 Å². The largest absolute Gasteiger partial charge is 0.479 e. The molecule has 1 rings (SSSR count). The van der Waals surface area contributed by atoms with E-state index in [0.29, 0.717) is 0 Å². The predicted octanol–water partition coefficient (Wildman–Crippen LogP) is -3.52. The van der Waals surface area contributed by atoms with Crippen molar-refractivity contribution in [1.29, 1.82) is 0 Å². The second-order valence-corrected chi connectivity index (χ2v) is 3.00. The quantitative estimate of drug-likeness (QED) is 0.299. The molecule has 8 nitrogen and oxygen atoms in total. The van der Waals surface area contributed by atoms with Gasteiger partial charge in [-0.2, -0.15) is 5.73 Å². The first-order chi connectivity index (χ1) is 6.27. The lowest BCUT2D eigenvalue weighted by atomic mass is 9.97. The maximum atomic E-state index is 10.4. The van der Waals surface area contributed by atoms with E-state index in [9.17, 15) is 4.79 Å². The van der Waals surface area contributed by atoms with Crippen molar-refractivity contribution in [3.8, 4) is 0 Å². The van der Waals surface area contributed by atoms with Gasteiger partial charge in [0.1, 0.15) is 12.2 Å². The van der Waals surface area contributed by atoms with E-state index >= 15 is 0 Å². The summed E-state index contributed by atoms with van der Waals surface area (Å²) in [7, 11) is 0. The number of rotatable bonds is 1. The Morgan fingerprint density at radius 3 is 2.21 bits per heavy atom. The Kier molecular flexibility index (Phi) is 2.76. The lowest BCUT2D eigenvalue weighted by Crippen LogP contribution is -2.66. The van der Waals surface area contributed by atoms with E-state index < -0.39 is 36.3 Å². The van der Waals surface area contributed by atoms with E-state index in [2.05, 4.69) is 4.74 Å². The molecule has 1 saturated heterocycles. The van der Waals surface area contributed by atoms with Gasteiger partial charge in [-0.05, 0) is 0 Å². The molecular weight excluding hydrogens is 198 g/mol. The van der Waals surface area contributed by atoms with Crippen LogP contribution in [0.4, 0.5) is 0 Å². The van der Waals surface area contributed by atoms with Crippen LogP contribution in [0.2, 0.25) is 0 Å². The number of hydrogen-bond acceptors (Lipinski definition) is 6. The molecule has 14 heavy (non-hydrogen) atoms. The Bertz CT molecular complexity index is 242. The number of carboxylic acid groups (broad SMARTS) is 1. The van der Waals surface area contributed by atoms with Crippen molar-refractivity contribution in [3.63, 3.8) is 0 Å². The third-order valence-corrected chi connectivity index (χ3v) is 1.93. The number of aliphatic hydroxyl groups excluding tert-OH is 3. The molecule has 0 aromatic heterocycles. The van der Waals surface area contributed by atoms with Gasteiger partial charge in [-0.15, -0.1) is 0 Å². The normalized spacial score (nSPS) is 48.9. The molecule has 81 valence electrons. The summed E-state index contributed by atoms with van der Waals surface area (Å²) in [5.41, 5.74) is 6.93. The fraction of sp³-hybridized carbons (Fsp3) is 0.833. The molecule has 1 aliphatic heterocycles. The Hall–Kier alpha value is -0.770. The van der Waals surface area contributed by atoms with Gasteiger partial charge >= 0.3 is 5.97 Å². The van der Waals surface area contributed by atoms with Gasteiger partial charge in [0.15, 0.2) is 12.2 Å². The van der Waals surface area contributed by atoms with E-state index in [1.165, 1.54) is 0 Å². The minimum Gasteiger partial charge on any atom is -0.479 e. The number of nitrogens with one attached hydrogen (secondary N) is 1. The fourth-order valence-electron chi connectivity index (χ4n) is 1.13. The molecule has 0 amide bonds. The molecule has 0 aliphatic carbocycles. The van der Waals surface area contributed by atoms with E-state index in [-0.39, 0.29) is 0 Å². The topological polar surface area (TPSA) is 151 Å². The summed E-state index contributed by atoms with van der Waals surface area (Å²) in [5.74, 6) is -4.59. The van der Waals surface area contributed by atoms with Crippen molar-refractivity contribution < 1.29 is 35.1 Å². The second-order valence-electron chi connectivity index (χ2n) is 3.00. The van der Waals surface area contributed by atoms with Crippen LogP contribution in [0.15, 0.2) is 0 Å². The third-order valence-electron chi connectivity index (χ3n) is 1.93. The molecule has 5 atom stereocenters. The molecule has 1 aliphatic rings. The lowest BCUT2D eigenvalue weighted by molar-refractivity contribution is -0.342. The molecule has 8 heteroatoms. The van der Waals surface area contributed by atoms with Gasteiger partial charge in [0.2, 0.25) is 0 Å². The molecule has 1 radical (unpaired) electrons. The van der Waals surface area contributed by atoms with Crippen molar-refractivity contribution in [2.24, 2.45) is 0 Å². The van der Waals surface area contributed by atoms with Crippen molar-refractivity contribution in [3.05, 3.63) is 0 Å². The molecule has 1 heterocycles. The van der Waals surface area contributed by atoms with Gasteiger partial charge < -0.3 is 30.3 Å². The molecule has 1 fully saturated rings. The van der Waals surface area contributed by atoms with Crippen molar-refractivity contribution in [2.45, 2.75) is 30.3 Å². The number of aliphatic hydroxyl groups is 4. The highest BCUT2D eigenvalue weighted by Crippen LogP contribution is 2.25. The zero-order valence-electron chi connectivity index (χ0n) is 6.86. The Morgan fingerprint density at radius 1 is 1.29 bits per heavy atom. The summed E-state index contributed by atoms with van der Waals surface area (Å²) in [4.78, 5) is 10.4. The minimum absolute atomic E-state index is 1.64. The van der Waals surface area contributed by atoms with Crippen LogP contribution in [0.5, 0.6) is 0 Å². The van der Waals surface area contributed by atoms with Gasteiger partial charge in [0.25, 0.3) is 5.91 Å². The molecule has 0 aromatic rings. The van der Waals surface area contributed by atoms with Gasteiger partial charge in [0.05, 0.1) is 0 Å². The Labute approximate surface area is 78.1 Å². The van der Waals surface area contributed by atoms with Crippen LogP contribution >= 0.6 is 0 Å². The zero-order chi connectivity index (χ0) is 11.1. The summed E-state index contributed by atoms with van der Waals surface area (Å²) in [5, 5.41) is 44.7. The van der Waals surface area contributed by atoms with Crippen LogP contribution in [-0.4, -0.2) is 61.8 Å². The van der Waals surface area contributed by atoms with Crippen LogP contribution < -0.4 is 5.73 Å². The molecule has 0 aromatic carbocycles. The summed E-state index contributed by atoms with van der Waals surface area (Å²) in [6, 6.07) is 0. The van der Waals surface area contributed by atoms with Crippen LogP contribution in [0.25, 0.3) is 0 Å². The first-order valence-electron chi connectivity index (χ1n) is 3.69. The summed E-state index contributed by atoms with van der Waals surface area (Å²) in [6.07, 6.45) is -7.88. The monoisotopic (exact) mass is 208 g/mol. The number of carboxylic acids is 1. The average molecular weight is 208 g/mol. The van der Waals surface area contributed by atoms with Crippen molar-refractivity contribution in [2.75, 3.05) is 0 Å². The smallest absolute Gasteiger partial charge is 0.335 e. The molecule has 0 spiro atoms. The molecule has 6 N–H and O–H groups in total. The highest BCUT2D eigenvalue weighted by Gasteiger charge is 2.53. The number of aliphatic carboxylic acids is 1. The highest BCUT2D eigenvalue weighted by atomic mass is 16.7. The van der Waals surface area contributed by atoms with E-state index in [1.807, 2.05) is 0 Å². The van der Waals surface area contributed by atoms with Crippen LogP contribution in [-0.2, 0) is 9.53 Å². The Balaban J connectivity index is 2.90. The predicted molar refractivity (Wildman–Crippen MR) is 38.6 cm³/mol. The van der Waals surface area contributed by atoms with E-state index in [4.69, 9.17) is 31.3 Å². The average Bonchev–Trinajstić information content (AvgIpc) is 2.08. The van der Waals surface area contributed by atoms with Crippen LogP contribution in [0.3, 0.4) is 0 Å². The first kappa shape index (κ1) is 11.3. The summed E-state index contributed by atoms with van der Waals surface area (Å²) >= 11 is 0. The highest BCUT2D eigenvalue weighted by molar-refractivity contribution is 5.73. The Morgan fingerprint density at radius 2 is 1.79 bits per heavy atom. The van der Waals surface area contributed by atoms with Gasteiger partial charge in [-0.1, -0.05) is 0 Å². The van der Waals surface area contributed by atoms with Crippen molar-refractivity contribution in [1.82, 2.24) is 5.73 Å². The standard InChI is InChI=1S/C6H10NO7/c7-6(13)4(10)2(9)1(8)3(14-6)5(11)12/h1-4,7-10,13H,(H,11,12)/t1-,2-,3-,4+,6?/m0/s1. The van der Waals surface area contributed by atoms with Crippen LogP contribution in [0.1, 0.15) is 0 Å². The van der Waals surface area contributed by atoms with E-state index in [1.54, 1.807) is 0 Å². The second kappa shape index (κ2) is 3.42. The SMILES string of the molecule is [NH]C1(O)O[C@H](C(=O)O)[C@@H](O)[C@H](O)[C@H]1O. The molecule has 0 saturated carbocycles. The maximum absolute atomic E-state index is 10.4. The van der Waals surface area contributed by atoms with Crippen LogP contribution in [0, 0.1) is 0 Å². The molecule has 0 bridgehead atoms. The van der Waals surface area contributed by atoms with Gasteiger partial charge in [-0.3, -0.25) is 0 Å². The minimum atomic E-state index is -2.94. The van der Waals surface area contributed by atoms with Gasteiger partial charge in [-0.25, -0.2) is 4.79 Å². The molecular formula is C6H10NO7. The first-order valence-corrected chi connectivity index (χ1v) is 3.69. The zero-order valence-corrected chi connectivity index (χ0v) is 6.86.